The molecule has 0 saturated carbocycles. The fourth-order valence-electron chi connectivity index (χ4n) is 3.59. The number of hydrogen-bond donors (Lipinski definition) is 2. The van der Waals surface area contributed by atoms with E-state index in [2.05, 4.69) is 31.7 Å². The maximum atomic E-state index is 11.8. The predicted molar refractivity (Wildman–Crippen MR) is 113 cm³/mol. The number of rotatable bonds is 7. The van der Waals surface area contributed by atoms with Gasteiger partial charge in [0.25, 0.3) is 0 Å². The van der Waals surface area contributed by atoms with Crippen LogP contribution in [0.25, 0.3) is 10.9 Å². The lowest BCUT2D eigenvalue weighted by Gasteiger charge is -2.14. The van der Waals surface area contributed by atoms with Gasteiger partial charge >= 0.3 is 5.69 Å². The van der Waals surface area contributed by atoms with Gasteiger partial charge in [0, 0.05) is 23.8 Å². The maximum absolute atomic E-state index is 11.8. The third-order valence-corrected chi connectivity index (χ3v) is 5.03. The smallest absolute Gasteiger partial charge is 0.353 e. The number of benzene rings is 1. The topological polar surface area (TPSA) is 106 Å². The quantitative estimate of drug-likeness (QED) is 0.333. The number of hydrogen-bond acceptors (Lipinski definition) is 7. The Bertz CT molecular complexity index is 1060. The molecule has 2 aromatic heterocycles. The van der Waals surface area contributed by atoms with E-state index in [1.54, 1.807) is 6.20 Å². The molecule has 1 aromatic carbocycles. The Labute approximate surface area is 168 Å². The van der Waals surface area contributed by atoms with Gasteiger partial charge in [-0.15, -0.1) is 0 Å². The van der Waals surface area contributed by atoms with Crippen molar-refractivity contribution in [2.24, 2.45) is 0 Å². The van der Waals surface area contributed by atoms with Gasteiger partial charge in [-0.3, -0.25) is 15.1 Å². The summed E-state index contributed by atoms with van der Waals surface area (Å²) in [5, 5.41) is 18.9. The zero-order valence-corrected chi connectivity index (χ0v) is 16.0. The minimum absolute atomic E-state index is 0.153. The number of nitrogens with zero attached hydrogens (tertiary/aromatic N) is 4. The lowest BCUT2D eigenvalue weighted by molar-refractivity contribution is -0.383. The van der Waals surface area contributed by atoms with Crippen LogP contribution in [0.15, 0.2) is 54.5 Å². The summed E-state index contributed by atoms with van der Waals surface area (Å²) < 4.78 is 0. The van der Waals surface area contributed by atoms with Crippen LogP contribution in [0.5, 0.6) is 0 Å². The molecule has 0 aliphatic heterocycles. The van der Waals surface area contributed by atoms with Gasteiger partial charge in [-0.05, 0) is 56.4 Å². The molecule has 0 amide bonds. The second kappa shape index (κ2) is 8.64. The summed E-state index contributed by atoms with van der Waals surface area (Å²) in [7, 11) is 0. The number of anilines is 3. The molecular formula is C21H22N6O2. The second-order valence-electron chi connectivity index (χ2n) is 6.96. The molecule has 1 aliphatic carbocycles. The van der Waals surface area contributed by atoms with Gasteiger partial charge in [0.05, 0.1) is 10.4 Å². The highest BCUT2D eigenvalue weighted by molar-refractivity contribution is 5.93. The molecule has 0 unspecified atom stereocenters. The molecule has 8 heteroatoms. The Hall–Kier alpha value is -3.55. The SMILES string of the molecule is O=[N+]([O-])c1c(NCCC2=CCCCC2)ncnc1Nc1cccc2ncccc12. The van der Waals surface area contributed by atoms with Crippen molar-refractivity contribution < 1.29 is 4.92 Å². The van der Waals surface area contributed by atoms with Crippen LogP contribution in [0.4, 0.5) is 23.0 Å². The van der Waals surface area contributed by atoms with Crippen molar-refractivity contribution in [3.8, 4) is 0 Å². The first kappa shape index (κ1) is 18.8. The summed E-state index contributed by atoms with van der Waals surface area (Å²) in [4.78, 5) is 23.9. The largest absolute Gasteiger partial charge is 0.364 e. The van der Waals surface area contributed by atoms with Gasteiger partial charge in [0.15, 0.2) is 0 Å². The fraction of sp³-hybridized carbons (Fsp3) is 0.286. The minimum atomic E-state index is -0.450. The lowest BCUT2D eigenvalue weighted by Crippen LogP contribution is -2.10. The van der Waals surface area contributed by atoms with Crippen molar-refractivity contribution in [2.75, 3.05) is 17.2 Å². The van der Waals surface area contributed by atoms with Crippen molar-refractivity contribution in [3.63, 3.8) is 0 Å². The average molecular weight is 390 g/mol. The van der Waals surface area contributed by atoms with E-state index in [0.29, 0.717) is 12.2 Å². The zero-order chi connectivity index (χ0) is 20.1. The summed E-state index contributed by atoms with van der Waals surface area (Å²) in [6, 6.07) is 9.33. The first-order valence-electron chi connectivity index (χ1n) is 9.74. The number of nitrogens with one attached hydrogen (secondary N) is 2. The Morgan fingerprint density at radius 2 is 1.97 bits per heavy atom. The van der Waals surface area contributed by atoms with Crippen molar-refractivity contribution in [1.29, 1.82) is 0 Å². The third kappa shape index (κ3) is 4.31. The molecule has 0 radical (unpaired) electrons. The van der Waals surface area contributed by atoms with Crippen LogP contribution >= 0.6 is 0 Å². The van der Waals surface area contributed by atoms with Crippen molar-refractivity contribution in [3.05, 3.63) is 64.6 Å². The standard InChI is InChI=1S/C21H22N6O2/c28-27(29)19-20(23-13-11-15-6-2-1-3-7-15)24-14-25-21(19)26-18-10-4-9-17-16(18)8-5-12-22-17/h4-6,8-10,12,14H,1-3,7,11,13H2,(H2,23,24,25,26). The van der Waals surface area contributed by atoms with Crippen LogP contribution in [0.3, 0.4) is 0 Å². The molecule has 2 N–H and O–H groups in total. The molecule has 0 spiro atoms. The Balaban J connectivity index is 1.58. The number of fused-ring (bicyclic) bond motifs is 1. The van der Waals surface area contributed by atoms with Gasteiger partial charge in [0.1, 0.15) is 6.33 Å². The molecule has 0 saturated heterocycles. The van der Waals surface area contributed by atoms with Gasteiger partial charge in [-0.2, -0.15) is 0 Å². The molecule has 8 nitrogen and oxygen atoms in total. The highest BCUT2D eigenvalue weighted by Crippen LogP contribution is 2.33. The number of aromatic nitrogens is 3. The first-order valence-corrected chi connectivity index (χ1v) is 9.74. The molecule has 0 atom stereocenters. The summed E-state index contributed by atoms with van der Waals surface area (Å²) in [5.74, 6) is 0.378. The van der Waals surface area contributed by atoms with E-state index in [-0.39, 0.29) is 17.3 Å². The van der Waals surface area contributed by atoms with E-state index in [9.17, 15) is 10.1 Å². The number of pyridine rings is 1. The van der Waals surface area contributed by atoms with Gasteiger partial charge in [0.2, 0.25) is 11.6 Å². The Morgan fingerprint density at radius 1 is 1.07 bits per heavy atom. The van der Waals surface area contributed by atoms with E-state index in [0.717, 1.165) is 30.2 Å². The van der Waals surface area contributed by atoms with E-state index in [1.165, 1.54) is 24.7 Å². The Morgan fingerprint density at radius 3 is 2.79 bits per heavy atom. The molecule has 2 heterocycles. The van der Waals surface area contributed by atoms with Gasteiger partial charge in [-0.25, -0.2) is 9.97 Å². The molecule has 29 heavy (non-hydrogen) atoms. The summed E-state index contributed by atoms with van der Waals surface area (Å²) in [6.07, 6.45) is 10.9. The van der Waals surface area contributed by atoms with Crippen LogP contribution in [0.2, 0.25) is 0 Å². The van der Waals surface area contributed by atoms with E-state index < -0.39 is 4.92 Å². The molecular weight excluding hydrogens is 368 g/mol. The van der Waals surface area contributed by atoms with Crippen LogP contribution in [0.1, 0.15) is 32.1 Å². The maximum Gasteiger partial charge on any atom is 0.353 e. The van der Waals surface area contributed by atoms with Crippen molar-refractivity contribution in [1.82, 2.24) is 15.0 Å². The summed E-state index contributed by atoms with van der Waals surface area (Å²) >= 11 is 0. The second-order valence-corrected chi connectivity index (χ2v) is 6.96. The van der Waals surface area contributed by atoms with Crippen LogP contribution in [-0.4, -0.2) is 26.4 Å². The fourth-order valence-corrected chi connectivity index (χ4v) is 3.59. The normalized spacial score (nSPS) is 13.7. The lowest BCUT2D eigenvalue weighted by atomic mass is 9.97. The number of nitro groups is 1. The number of allylic oxidation sites excluding steroid dienone is 1. The summed E-state index contributed by atoms with van der Waals surface area (Å²) in [5.41, 5.74) is 2.75. The highest BCUT2D eigenvalue weighted by Gasteiger charge is 2.23. The van der Waals surface area contributed by atoms with E-state index >= 15 is 0 Å². The average Bonchev–Trinajstić information content (AvgIpc) is 2.75. The van der Waals surface area contributed by atoms with Crippen LogP contribution in [-0.2, 0) is 0 Å². The molecule has 0 fully saturated rings. The highest BCUT2D eigenvalue weighted by atomic mass is 16.6. The third-order valence-electron chi connectivity index (χ3n) is 5.03. The molecule has 3 aromatic rings. The first-order chi connectivity index (χ1) is 14.2. The molecule has 4 rings (SSSR count). The van der Waals surface area contributed by atoms with E-state index in [4.69, 9.17) is 0 Å². The molecule has 148 valence electrons. The van der Waals surface area contributed by atoms with Crippen LogP contribution in [0, 0.1) is 10.1 Å². The predicted octanol–water partition coefficient (Wildman–Crippen LogP) is 4.98. The van der Waals surface area contributed by atoms with Gasteiger partial charge < -0.3 is 10.6 Å². The van der Waals surface area contributed by atoms with Crippen molar-refractivity contribution in [2.45, 2.75) is 32.1 Å². The zero-order valence-electron chi connectivity index (χ0n) is 16.0. The van der Waals surface area contributed by atoms with Gasteiger partial charge in [-0.1, -0.05) is 17.7 Å². The molecule has 1 aliphatic rings. The van der Waals surface area contributed by atoms with Crippen LogP contribution < -0.4 is 10.6 Å². The van der Waals surface area contributed by atoms with Crippen molar-refractivity contribution >= 4 is 33.9 Å². The van der Waals surface area contributed by atoms with E-state index in [1.807, 2.05) is 30.3 Å². The monoisotopic (exact) mass is 390 g/mol. The summed E-state index contributed by atoms with van der Waals surface area (Å²) in [6.45, 7) is 0.599. The molecule has 0 bridgehead atoms. The Kier molecular flexibility index (Phi) is 5.60. The minimum Gasteiger partial charge on any atom is -0.364 e.